The molecule has 4 N–H and O–H groups in total. The van der Waals surface area contributed by atoms with Crippen LogP contribution in [0.5, 0.6) is 0 Å². The van der Waals surface area contributed by atoms with Gasteiger partial charge in [-0.3, -0.25) is 4.79 Å². The highest BCUT2D eigenvalue weighted by atomic mass is 16.5. The molecule has 1 heterocycles. The molecule has 0 spiro atoms. The Hall–Kier alpha value is -4.25. The zero-order valence-corrected chi connectivity index (χ0v) is 17.0. The van der Waals surface area contributed by atoms with E-state index in [1.165, 1.54) is 24.3 Å². The number of para-hydroxylation sites is 1. The summed E-state index contributed by atoms with van der Waals surface area (Å²) in [5.74, 6) is -0.310. The third kappa shape index (κ3) is 4.42. The topological polar surface area (TPSA) is 118 Å². The van der Waals surface area contributed by atoms with Crippen LogP contribution in [0.15, 0.2) is 78.9 Å². The van der Waals surface area contributed by atoms with E-state index in [0.29, 0.717) is 23.3 Å². The van der Waals surface area contributed by atoms with Crippen LogP contribution >= 0.6 is 0 Å². The predicted octanol–water partition coefficient (Wildman–Crippen LogP) is 3.95. The van der Waals surface area contributed by atoms with Crippen molar-refractivity contribution >= 4 is 28.3 Å². The first-order valence-electron chi connectivity index (χ1n) is 9.95. The SMILES string of the molecule is N#Cc1c(NC(=O)c2ccc(C(O)O)cc2)nc2ccccc2c1NCc1ccccc1. The summed E-state index contributed by atoms with van der Waals surface area (Å²) in [6.07, 6.45) is -1.61. The number of carbonyl (C=O) groups excluding carboxylic acids is 1. The van der Waals surface area contributed by atoms with E-state index in [4.69, 9.17) is 0 Å². The normalized spacial score (nSPS) is 10.7. The predicted molar refractivity (Wildman–Crippen MR) is 122 cm³/mol. The van der Waals surface area contributed by atoms with Gasteiger partial charge in [0.2, 0.25) is 0 Å². The van der Waals surface area contributed by atoms with Crippen molar-refractivity contribution in [1.29, 1.82) is 5.26 Å². The van der Waals surface area contributed by atoms with Gasteiger partial charge in [0.15, 0.2) is 12.1 Å². The first-order valence-corrected chi connectivity index (χ1v) is 9.95. The van der Waals surface area contributed by atoms with Crippen LogP contribution in [0.25, 0.3) is 10.9 Å². The Kier molecular flexibility index (Phi) is 6.08. The Morgan fingerprint density at radius 3 is 2.34 bits per heavy atom. The van der Waals surface area contributed by atoms with Crippen LogP contribution < -0.4 is 10.6 Å². The van der Waals surface area contributed by atoms with Crippen LogP contribution in [0.1, 0.15) is 33.3 Å². The van der Waals surface area contributed by atoms with E-state index in [0.717, 1.165) is 10.9 Å². The molecule has 0 fully saturated rings. The summed E-state index contributed by atoms with van der Waals surface area (Å²) in [6, 6.07) is 25.2. The monoisotopic (exact) mass is 424 g/mol. The summed E-state index contributed by atoms with van der Waals surface area (Å²) < 4.78 is 0. The standard InChI is InChI=1S/C25H20N4O3/c26-14-20-22(27-15-16-6-2-1-3-7-16)19-8-4-5-9-21(19)28-23(20)29-24(30)17-10-12-18(13-11-17)25(31)32/h1-13,25,31-32H,15H2,(H2,27,28,29,30). The van der Waals surface area contributed by atoms with Gasteiger partial charge in [0, 0.05) is 23.1 Å². The molecule has 4 aromatic rings. The summed E-state index contributed by atoms with van der Waals surface area (Å²) in [5.41, 5.74) is 3.08. The second-order valence-corrected chi connectivity index (χ2v) is 7.13. The van der Waals surface area contributed by atoms with Gasteiger partial charge in [0.05, 0.1) is 11.2 Å². The number of aliphatic hydroxyl groups is 2. The van der Waals surface area contributed by atoms with Crippen molar-refractivity contribution in [2.24, 2.45) is 0 Å². The number of hydrogen-bond donors (Lipinski definition) is 4. The van der Waals surface area contributed by atoms with E-state index in [2.05, 4.69) is 21.7 Å². The number of fused-ring (bicyclic) bond motifs is 1. The molecule has 7 nitrogen and oxygen atoms in total. The number of aliphatic hydroxyl groups excluding tert-OH is 1. The highest BCUT2D eigenvalue weighted by Gasteiger charge is 2.18. The highest BCUT2D eigenvalue weighted by Crippen LogP contribution is 2.31. The molecule has 0 aliphatic heterocycles. The molecule has 32 heavy (non-hydrogen) atoms. The Labute approximate surface area is 184 Å². The third-order valence-corrected chi connectivity index (χ3v) is 5.02. The van der Waals surface area contributed by atoms with Gasteiger partial charge in [-0.25, -0.2) is 4.98 Å². The number of carbonyl (C=O) groups is 1. The molecule has 0 aliphatic carbocycles. The van der Waals surface area contributed by atoms with Crippen molar-refractivity contribution < 1.29 is 15.0 Å². The number of nitrogens with zero attached hydrogens (tertiary/aromatic N) is 2. The van der Waals surface area contributed by atoms with Crippen LogP contribution in [0.4, 0.5) is 11.5 Å². The minimum absolute atomic E-state index is 0.151. The number of nitrogens with one attached hydrogen (secondary N) is 2. The van der Waals surface area contributed by atoms with Gasteiger partial charge in [0.1, 0.15) is 11.6 Å². The lowest BCUT2D eigenvalue weighted by Gasteiger charge is -2.15. The molecule has 0 saturated carbocycles. The molecular weight excluding hydrogens is 404 g/mol. The van der Waals surface area contributed by atoms with E-state index in [1.54, 1.807) is 0 Å². The van der Waals surface area contributed by atoms with E-state index >= 15 is 0 Å². The fraction of sp³-hybridized carbons (Fsp3) is 0.0800. The van der Waals surface area contributed by atoms with Gasteiger partial charge in [-0.2, -0.15) is 5.26 Å². The lowest BCUT2D eigenvalue weighted by atomic mass is 10.1. The average Bonchev–Trinajstić information content (AvgIpc) is 2.83. The fourth-order valence-corrected chi connectivity index (χ4v) is 3.37. The minimum atomic E-state index is -1.61. The molecule has 1 amide bonds. The summed E-state index contributed by atoms with van der Waals surface area (Å²) >= 11 is 0. The van der Waals surface area contributed by atoms with Crippen molar-refractivity contribution in [3.05, 3.63) is 101 Å². The lowest BCUT2D eigenvalue weighted by Crippen LogP contribution is -2.15. The van der Waals surface area contributed by atoms with Gasteiger partial charge in [-0.05, 0) is 23.8 Å². The quantitative estimate of drug-likeness (QED) is 0.348. The van der Waals surface area contributed by atoms with Crippen LogP contribution in [0.3, 0.4) is 0 Å². The summed E-state index contributed by atoms with van der Waals surface area (Å²) in [7, 11) is 0. The minimum Gasteiger partial charge on any atom is -0.379 e. The Morgan fingerprint density at radius 1 is 0.969 bits per heavy atom. The molecular formula is C25H20N4O3. The smallest absolute Gasteiger partial charge is 0.256 e. The summed E-state index contributed by atoms with van der Waals surface area (Å²) in [4.78, 5) is 17.3. The maximum absolute atomic E-state index is 12.8. The first-order chi connectivity index (χ1) is 15.6. The largest absolute Gasteiger partial charge is 0.379 e. The molecule has 4 rings (SSSR count). The first kappa shape index (κ1) is 21.0. The van der Waals surface area contributed by atoms with Crippen LogP contribution in [0, 0.1) is 11.3 Å². The number of benzene rings is 3. The fourth-order valence-electron chi connectivity index (χ4n) is 3.37. The second-order valence-electron chi connectivity index (χ2n) is 7.13. The number of pyridine rings is 1. The van der Waals surface area contributed by atoms with E-state index in [9.17, 15) is 20.3 Å². The highest BCUT2D eigenvalue weighted by molar-refractivity contribution is 6.07. The Morgan fingerprint density at radius 2 is 1.66 bits per heavy atom. The van der Waals surface area contributed by atoms with Crippen molar-refractivity contribution in [2.45, 2.75) is 12.8 Å². The number of amides is 1. The number of nitriles is 1. The number of anilines is 2. The molecule has 0 aliphatic rings. The van der Waals surface area contributed by atoms with Gasteiger partial charge >= 0.3 is 0 Å². The van der Waals surface area contributed by atoms with Crippen LogP contribution in [-0.2, 0) is 6.54 Å². The zero-order chi connectivity index (χ0) is 22.5. The number of rotatable bonds is 6. The molecule has 1 aromatic heterocycles. The molecule has 7 heteroatoms. The second kappa shape index (κ2) is 9.27. The van der Waals surface area contributed by atoms with Crippen molar-refractivity contribution in [1.82, 2.24) is 4.98 Å². The summed E-state index contributed by atoms with van der Waals surface area (Å²) in [5, 5.41) is 35.2. The average molecular weight is 424 g/mol. The van der Waals surface area contributed by atoms with E-state index in [-0.39, 0.29) is 16.9 Å². The Balaban J connectivity index is 1.69. The van der Waals surface area contributed by atoms with Crippen LogP contribution in [0.2, 0.25) is 0 Å². The third-order valence-electron chi connectivity index (χ3n) is 5.02. The van der Waals surface area contributed by atoms with Gasteiger partial charge in [0.25, 0.3) is 5.91 Å². The number of aromatic nitrogens is 1. The van der Waals surface area contributed by atoms with Gasteiger partial charge in [-0.15, -0.1) is 0 Å². The van der Waals surface area contributed by atoms with Crippen molar-refractivity contribution in [3.63, 3.8) is 0 Å². The maximum Gasteiger partial charge on any atom is 0.256 e. The maximum atomic E-state index is 12.8. The summed E-state index contributed by atoms with van der Waals surface area (Å²) in [6.45, 7) is 0.502. The molecule has 0 bridgehead atoms. The lowest BCUT2D eigenvalue weighted by molar-refractivity contribution is -0.0425. The molecule has 0 saturated heterocycles. The Bertz CT molecular complexity index is 1300. The molecule has 3 aromatic carbocycles. The molecule has 0 unspecified atom stereocenters. The van der Waals surface area contributed by atoms with Gasteiger partial charge in [-0.1, -0.05) is 60.7 Å². The van der Waals surface area contributed by atoms with Gasteiger partial charge < -0.3 is 20.8 Å². The van der Waals surface area contributed by atoms with Crippen molar-refractivity contribution in [3.8, 4) is 6.07 Å². The van der Waals surface area contributed by atoms with E-state index in [1.807, 2.05) is 54.6 Å². The van der Waals surface area contributed by atoms with E-state index < -0.39 is 12.2 Å². The number of hydrogen-bond acceptors (Lipinski definition) is 6. The van der Waals surface area contributed by atoms with Crippen molar-refractivity contribution in [2.75, 3.05) is 10.6 Å². The zero-order valence-electron chi connectivity index (χ0n) is 17.0. The molecule has 158 valence electrons. The molecule has 0 radical (unpaired) electrons. The van der Waals surface area contributed by atoms with Crippen LogP contribution in [-0.4, -0.2) is 21.1 Å². The molecule has 0 atom stereocenters.